The fourth-order valence-corrected chi connectivity index (χ4v) is 4.02. The zero-order chi connectivity index (χ0) is 21.6. The molecule has 0 radical (unpaired) electrons. The number of fused-ring (bicyclic) bond motifs is 2. The van der Waals surface area contributed by atoms with Gasteiger partial charge in [0.05, 0.1) is 12.3 Å². The quantitative estimate of drug-likeness (QED) is 0.457. The summed E-state index contributed by atoms with van der Waals surface area (Å²) in [7, 11) is 0. The highest BCUT2D eigenvalue weighted by atomic mass is 19.4. The van der Waals surface area contributed by atoms with Crippen LogP contribution in [0.4, 0.5) is 23.5 Å². The molecule has 1 aliphatic rings. The van der Waals surface area contributed by atoms with Crippen LogP contribution in [0.5, 0.6) is 0 Å². The van der Waals surface area contributed by atoms with Crippen molar-refractivity contribution in [2.45, 2.75) is 44.2 Å². The number of halogens is 4. The number of H-pyrrole nitrogens is 1. The predicted octanol–water partition coefficient (Wildman–Crippen LogP) is 4.67. The van der Waals surface area contributed by atoms with Crippen LogP contribution in [-0.2, 0) is 4.74 Å². The van der Waals surface area contributed by atoms with Gasteiger partial charge < -0.3 is 10.3 Å². The van der Waals surface area contributed by atoms with Gasteiger partial charge in [0.25, 0.3) is 0 Å². The van der Waals surface area contributed by atoms with E-state index < -0.39 is 18.4 Å². The second kappa shape index (κ2) is 7.49. The number of imidazole rings is 1. The molecule has 0 spiro atoms. The lowest BCUT2D eigenvalue weighted by Crippen LogP contribution is -2.33. The van der Waals surface area contributed by atoms with E-state index in [9.17, 15) is 17.6 Å². The molecule has 31 heavy (non-hydrogen) atoms. The van der Waals surface area contributed by atoms with Crippen LogP contribution in [0.25, 0.3) is 27.8 Å². The van der Waals surface area contributed by atoms with Crippen molar-refractivity contribution in [1.82, 2.24) is 24.3 Å². The summed E-state index contributed by atoms with van der Waals surface area (Å²) in [5, 5.41) is 3.96. The average Bonchev–Trinajstić information content (AvgIpc) is 3.31. The third-order valence-corrected chi connectivity index (χ3v) is 5.51. The Labute approximate surface area is 173 Å². The van der Waals surface area contributed by atoms with E-state index in [-0.39, 0.29) is 6.04 Å². The van der Waals surface area contributed by atoms with Gasteiger partial charge in [-0.2, -0.15) is 9.37 Å². The van der Waals surface area contributed by atoms with E-state index in [1.165, 1.54) is 4.40 Å². The van der Waals surface area contributed by atoms with Crippen molar-refractivity contribution in [3.8, 4) is 11.1 Å². The first-order valence-electron chi connectivity index (χ1n) is 9.84. The molecule has 0 aromatic carbocycles. The van der Waals surface area contributed by atoms with Gasteiger partial charge in [-0.3, -0.25) is 9.14 Å². The molecule has 1 aliphatic carbocycles. The number of anilines is 1. The van der Waals surface area contributed by atoms with E-state index >= 15 is 0 Å². The number of pyridine rings is 1. The summed E-state index contributed by atoms with van der Waals surface area (Å²) in [6.07, 6.45) is 2.58. The Kier molecular flexibility index (Phi) is 4.77. The summed E-state index contributed by atoms with van der Waals surface area (Å²) in [4.78, 5) is 15.9. The molecule has 2 N–H and O–H groups in total. The maximum absolute atomic E-state index is 13.9. The van der Waals surface area contributed by atoms with Gasteiger partial charge in [0, 0.05) is 41.1 Å². The van der Waals surface area contributed by atoms with Crippen LogP contribution in [0.15, 0.2) is 36.9 Å². The van der Waals surface area contributed by atoms with Crippen molar-refractivity contribution in [2.75, 3.05) is 5.32 Å². The SMILES string of the molecule is Fc1cnc2ccc(-c3c[nH]c4nc(NC5CCC(OC(F)(F)F)CC5)ncc34)cn12. The maximum Gasteiger partial charge on any atom is 0.522 e. The summed E-state index contributed by atoms with van der Waals surface area (Å²) in [6.45, 7) is 0. The van der Waals surface area contributed by atoms with E-state index in [1.807, 2.05) is 6.07 Å². The van der Waals surface area contributed by atoms with Gasteiger partial charge in [-0.05, 0) is 37.8 Å². The monoisotopic (exact) mass is 434 g/mol. The molecule has 0 saturated heterocycles. The molecular formula is C20H18F4N6O. The molecule has 0 unspecified atom stereocenters. The zero-order valence-electron chi connectivity index (χ0n) is 16.2. The lowest BCUT2D eigenvalue weighted by molar-refractivity contribution is -0.345. The first-order valence-corrected chi connectivity index (χ1v) is 9.84. The van der Waals surface area contributed by atoms with Gasteiger partial charge in [-0.1, -0.05) is 0 Å². The standard InChI is InChI=1S/C20H18F4N6O/c21-16-9-25-17-6-1-11(10-30(16)17)14-7-26-18-15(14)8-27-19(29-18)28-12-2-4-13(5-3-12)31-20(22,23)24/h1,6-10,12-13H,2-5H2,(H2,26,27,28,29). The molecule has 0 amide bonds. The Balaban J connectivity index is 1.31. The highest BCUT2D eigenvalue weighted by Crippen LogP contribution is 2.31. The summed E-state index contributed by atoms with van der Waals surface area (Å²) in [5.74, 6) is -0.0491. The summed E-state index contributed by atoms with van der Waals surface area (Å²) in [6, 6.07) is 3.55. The van der Waals surface area contributed by atoms with Crippen LogP contribution in [0, 0.1) is 5.95 Å². The van der Waals surface area contributed by atoms with Crippen molar-refractivity contribution < 1.29 is 22.3 Å². The Bertz CT molecular complexity index is 1230. The number of rotatable bonds is 4. The number of aromatic nitrogens is 5. The minimum absolute atomic E-state index is 0.0217. The Morgan fingerprint density at radius 1 is 1.10 bits per heavy atom. The lowest BCUT2D eigenvalue weighted by atomic mass is 9.93. The number of nitrogens with zero attached hydrogens (tertiary/aromatic N) is 4. The normalized spacial score (nSPS) is 19.9. The van der Waals surface area contributed by atoms with Crippen molar-refractivity contribution in [3.63, 3.8) is 0 Å². The second-order valence-corrected chi connectivity index (χ2v) is 7.57. The van der Waals surface area contributed by atoms with Crippen LogP contribution in [0.2, 0.25) is 0 Å². The minimum atomic E-state index is -4.60. The Morgan fingerprint density at radius 3 is 2.68 bits per heavy atom. The van der Waals surface area contributed by atoms with Gasteiger partial charge in [0.2, 0.25) is 11.9 Å². The van der Waals surface area contributed by atoms with Crippen LogP contribution in [0.1, 0.15) is 25.7 Å². The van der Waals surface area contributed by atoms with Crippen LogP contribution in [0.3, 0.4) is 0 Å². The number of hydrogen-bond donors (Lipinski definition) is 2. The average molecular weight is 434 g/mol. The van der Waals surface area contributed by atoms with E-state index in [1.54, 1.807) is 24.7 Å². The van der Waals surface area contributed by atoms with E-state index in [0.29, 0.717) is 42.9 Å². The molecule has 5 rings (SSSR count). The molecule has 4 heterocycles. The van der Waals surface area contributed by atoms with Crippen LogP contribution >= 0.6 is 0 Å². The highest BCUT2D eigenvalue weighted by molar-refractivity contribution is 5.93. The number of hydrogen-bond acceptors (Lipinski definition) is 5. The smallest absolute Gasteiger partial charge is 0.351 e. The van der Waals surface area contributed by atoms with Crippen molar-refractivity contribution in [2.24, 2.45) is 0 Å². The van der Waals surface area contributed by atoms with Gasteiger partial charge in [-0.15, -0.1) is 13.2 Å². The summed E-state index contributed by atoms with van der Waals surface area (Å²) >= 11 is 0. The topological polar surface area (TPSA) is 80.1 Å². The van der Waals surface area contributed by atoms with Gasteiger partial charge in [0.15, 0.2) is 0 Å². The minimum Gasteiger partial charge on any atom is -0.351 e. The van der Waals surface area contributed by atoms with E-state index in [4.69, 9.17) is 0 Å². The first-order chi connectivity index (χ1) is 14.9. The lowest BCUT2D eigenvalue weighted by Gasteiger charge is -2.29. The fraction of sp³-hybridized carbons (Fsp3) is 0.350. The van der Waals surface area contributed by atoms with Gasteiger partial charge >= 0.3 is 6.36 Å². The van der Waals surface area contributed by atoms with Crippen LogP contribution < -0.4 is 5.32 Å². The van der Waals surface area contributed by atoms with Crippen molar-refractivity contribution in [3.05, 3.63) is 42.9 Å². The largest absolute Gasteiger partial charge is 0.522 e. The zero-order valence-corrected chi connectivity index (χ0v) is 16.2. The third-order valence-electron chi connectivity index (χ3n) is 5.51. The molecule has 7 nitrogen and oxygen atoms in total. The van der Waals surface area contributed by atoms with E-state index in [2.05, 4.69) is 30.0 Å². The molecule has 0 aliphatic heterocycles. The number of ether oxygens (including phenoxy) is 1. The Hall–Kier alpha value is -3.21. The number of nitrogens with one attached hydrogen (secondary N) is 2. The molecule has 1 saturated carbocycles. The summed E-state index contributed by atoms with van der Waals surface area (Å²) < 4.78 is 56.4. The fourth-order valence-electron chi connectivity index (χ4n) is 4.02. The van der Waals surface area contributed by atoms with Crippen LogP contribution in [-0.4, -0.2) is 42.8 Å². The van der Waals surface area contributed by atoms with Crippen molar-refractivity contribution in [1.29, 1.82) is 0 Å². The molecule has 1 fully saturated rings. The molecule has 4 aromatic heterocycles. The maximum atomic E-state index is 13.9. The molecular weight excluding hydrogens is 416 g/mol. The Morgan fingerprint density at radius 2 is 1.90 bits per heavy atom. The first kappa shape index (κ1) is 19.7. The number of alkyl halides is 3. The third kappa shape index (κ3) is 4.05. The summed E-state index contributed by atoms with van der Waals surface area (Å²) in [5.41, 5.74) is 2.72. The van der Waals surface area contributed by atoms with Gasteiger partial charge in [0.1, 0.15) is 11.3 Å². The number of aromatic amines is 1. The van der Waals surface area contributed by atoms with Gasteiger partial charge in [-0.25, -0.2) is 9.97 Å². The van der Waals surface area contributed by atoms with Crippen molar-refractivity contribution >= 4 is 22.6 Å². The highest BCUT2D eigenvalue weighted by Gasteiger charge is 2.35. The molecule has 0 atom stereocenters. The van der Waals surface area contributed by atoms with E-state index in [0.717, 1.165) is 22.7 Å². The molecule has 162 valence electrons. The second-order valence-electron chi connectivity index (χ2n) is 7.57. The molecule has 0 bridgehead atoms. The molecule has 4 aromatic rings. The molecule has 11 heteroatoms. The predicted molar refractivity (Wildman–Crippen MR) is 105 cm³/mol.